The lowest BCUT2D eigenvalue weighted by Gasteiger charge is -2.26. The monoisotopic (exact) mass is 584 g/mol. The highest BCUT2D eigenvalue weighted by Crippen LogP contribution is 2.33. The summed E-state index contributed by atoms with van der Waals surface area (Å²) in [5.41, 5.74) is 3.86. The van der Waals surface area contributed by atoms with Gasteiger partial charge in [-0.05, 0) is 72.7 Å². The first kappa shape index (κ1) is 28.1. The van der Waals surface area contributed by atoms with Crippen LogP contribution in [-0.4, -0.2) is 26.5 Å². The Hall–Kier alpha value is -6.01. The standard InChI is InChI=1S/C35H25FN4O4/c1-23-31(34(41)39(35(42)32(23)19-37)21-30-11-6-16-43-30)18-26-20-40(28-8-3-2-4-9-28)38-33(26)25-7-5-10-29(17-25)44-22-24-12-14-27(36)15-13-24/h2-18,20H,21-22H2,1H3/b31-18+. The van der Waals surface area contributed by atoms with Gasteiger partial charge in [-0.3, -0.25) is 14.5 Å². The van der Waals surface area contributed by atoms with Gasteiger partial charge in [-0.25, -0.2) is 9.07 Å². The summed E-state index contributed by atoms with van der Waals surface area (Å²) in [6.07, 6.45) is 4.91. The molecule has 3 aromatic carbocycles. The molecule has 8 nitrogen and oxygen atoms in total. The van der Waals surface area contributed by atoms with Crippen molar-refractivity contribution in [3.8, 4) is 28.8 Å². The molecule has 0 bridgehead atoms. The number of aromatic nitrogens is 2. The van der Waals surface area contributed by atoms with Gasteiger partial charge in [0.1, 0.15) is 41.3 Å². The number of nitrogens with zero attached hydrogens (tertiary/aromatic N) is 4. The molecule has 0 saturated carbocycles. The molecule has 2 aromatic heterocycles. The first-order chi connectivity index (χ1) is 21.4. The molecule has 3 heterocycles. The predicted molar refractivity (Wildman–Crippen MR) is 160 cm³/mol. The van der Waals surface area contributed by atoms with Crippen molar-refractivity contribution in [2.24, 2.45) is 0 Å². The molecule has 0 saturated heterocycles. The predicted octanol–water partition coefficient (Wildman–Crippen LogP) is 6.64. The maximum absolute atomic E-state index is 13.7. The van der Waals surface area contributed by atoms with Gasteiger partial charge in [0, 0.05) is 22.9 Å². The maximum Gasteiger partial charge on any atom is 0.272 e. The third-order valence-electron chi connectivity index (χ3n) is 7.21. The van der Waals surface area contributed by atoms with E-state index in [1.165, 1.54) is 18.4 Å². The third-order valence-corrected chi connectivity index (χ3v) is 7.21. The zero-order valence-electron chi connectivity index (χ0n) is 23.6. The van der Waals surface area contributed by atoms with Gasteiger partial charge in [-0.15, -0.1) is 0 Å². The molecule has 9 heteroatoms. The number of imide groups is 1. The lowest BCUT2D eigenvalue weighted by atomic mass is 9.93. The van der Waals surface area contributed by atoms with Crippen molar-refractivity contribution in [3.05, 3.63) is 143 Å². The van der Waals surface area contributed by atoms with Gasteiger partial charge in [0.15, 0.2) is 0 Å². The summed E-state index contributed by atoms with van der Waals surface area (Å²) in [7, 11) is 0. The number of halogens is 1. The molecule has 0 unspecified atom stereocenters. The first-order valence-corrected chi connectivity index (χ1v) is 13.8. The van der Waals surface area contributed by atoms with Crippen LogP contribution in [0.5, 0.6) is 5.75 Å². The summed E-state index contributed by atoms with van der Waals surface area (Å²) in [6, 6.07) is 28.3. The summed E-state index contributed by atoms with van der Waals surface area (Å²) < 4.78 is 26.4. The van der Waals surface area contributed by atoms with E-state index in [2.05, 4.69) is 0 Å². The number of carbonyl (C=O) groups is 2. The maximum atomic E-state index is 13.7. The summed E-state index contributed by atoms with van der Waals surface area (Å²) in [4.78, 5) is 27.9. The van der Waals surface area contributed by atoms with E-state index >= 15 is 0 Å². The van der Waals surface area contributed by atoms with Gasteiger partial charge in [0.05, 0.1) is 18.5 Å². The lowest BCUT2D eigenvalue weighted by molar-refractivity contribution is -0.141. The number of para-hydroxylation sites is 1. The molecule has 216 valence electrons. The zero-order chi connectivity index (χ0) is 30.6. The minimum absolute atomic E-state index is 0.107. The van der Waals surface area contributed by atoms with Gasteiger partial charge in [-0.2, -0.15) is 10.4 Å². The van der Waals surface area contributed by atoms with Crippen LogP contribution in [0.15, 0.2) is 125 Å². The van der Waals surface area contributed by atoms with Crippen molar-refractivity contribution in [1.29, 1.82) is 5.26 Å². The highest BCUT2D eigenvalue weighted by atomic mass is 19.1. The van der Waals surface area contributed by atoms with Gasteiger partial charge in [-0.1, -0.05) is 42.5 Å². The third kappa shape index (κ3) is 5.69. The Labute approximate surface area is 252 Å². The Morgan fingerprint density at radius 2 is 1.77 bits per heavy atom. The molecular weight excluding hydrogens is 559 g/mol. The largest absolute Gasteiger partial charge is 0.489 e. The molecule has 0 spiro atoms. The molecule has 5 aromatic rings. The number of nitriles is 1. The molecular formula is C35H25FN4O4. The molecule has 1 aliphatic heterocycles. The Kier molecular flexibility index (Phi) is 7.72. The van der Waals surface area contributed by atoms with E-state index in [-0.39, 0.29) is 35.7 Å². The van der Waals surface area contributed by atoms with E-state index < -0.39 is 11.8 Å². The van der Waals surface area contributed by atoms with Crippen LogP contribution in [0.1, 0.15) is 23.8 Å². The first-order valence-electron chi connectivity index (χ1n) is 13.8. The highest BCUT2D eigenvalue weighted by Gasteiger charge is 2.36. The summed E-state index contributed by atoms with van der Waals surface area (Å²) in [5.74, 6) is -0.542. The number of ether oxygens (including phenoxy) is 1. The second-order valence-corrected chi connectivity index (χ2v) is 10.1. The minimum atomic E-state index is -0.672. The Morgan fingerprint density at radius 1 is 0.977 bits per heavy atom. The van der Waals surface area contributed by atoms with Crippen molar-refractivity contribution < 1.29 is 23.1 Å². The molecule has 1 aliphatic rings. The number of amides is 2. The molecule has 0 N–H and O–H groups in total. The van der Waals surface area contributed by atoms with Gasteiger partial charge in [0.25, 0.3) is 11.8 Å². The van der Waals surface area contributed by atoms with Crippen LogP contribution in [0.2, 0.25) is 0 Å². The second kappa shape index (κ2) is 12.1. The molecule has 6 rings (SSSR count). The summed E-state index contributed by atoms with van der Waals surface area (Å²) in [6.45, 7) is 1.73. The van der Waals surface area contributed by atoms with Crippen LogP contribution in [0.3, 0.4) is 0 Å². The molecule has 44 heavy (non-hydrogen) atoms. The van der Waals surface area contributed by atoms with E-state index in [0.717, 1.165) is 21.7 Å². The highest BCUT2D eigenvalue weighted by molar-refractivity contribution is 6.19. The minimum Gasteiger partial charge on any atom is -0.489 e. The Morgan fingerprint density at radius 3 is 2.50 bits per heavy atom. The van der Waals surface area contributed by atoms with Crippen molar-refractivity contribution in [2.45, 2.75) is 20.1 Å². The van der Waals surface area contributed by atoms with Gasteiger partial charge in [0.2, 0.25) is 0 Å². The van der Waals surface area contributed by atoms with E-state index in [1.807, 2.05) is 60.7 Å². The SMILES string of the molecule is CC1=C(C#N)C(=O)N(Cc2ccco2)C(=O)/C1=C/c1cn(-c2ccccc2)nc1-c1cccc(OCc2ccc(F)cc2)c1. The smallest absolute Gasteiger partial charge is 0.272 e. The van der Waals surface area contributed by atoms with Crippen LogP contribution < -0.4 is 4.74 Å². The van der Waals surface area contributed by atoms with E-state index in [0.29, 0.717) is 22.8 Å². The van der Waals surface area contributed by atoms with Crippen molar-refractivity contribution in [3.63, 3.8) is 0 Å². The Balaban J connectivity index is 1.41. The fraction of sp³-hybridized carbons (Fsp3) is 0.0857. The number of hydrogen-bond donors (Lipinski definition) is 0. The van der Waals surface area contributed by atoms with Gasteiger partial charge < -0.3 is 9.15 Å². The van der Waals surface area contributed by atoms with Crippen molar-refractivity contribution >= 4 is 17.9 Å². The second-order valence-electron chi connectivity index (χ2n) is 10.1. The lowest BCUT2D eigenvalue weighted by Crippen LogP contribution is -2.42. The van der Waals surface area contributed by atoms with Gasteiger partial charge >= 0.3 is 0 Å². The van der Waals surface area contributed by atoms with Crippen LogP contribution in [0.4, 0.5) is 4.39 Å². The Bertz CT molecular complexity index is 1950. The summed E-state index contributed by atoms with van der Waals surface area (Å²) >= 11 is 0. The van der Waals surface area contributed by atoms with E-state index in [9.17, 15) is 19.2 Å². The topological polar surface area (TPSA) is 101 Å². The van der Waals surface area contributed by atoms with Crippen molar-refractivity contribution in [1.82, 2.24) is 14.7 Å². The molecule has 0 fully saturated rings. The zero-order valence-corrected chi connectivity index (χ0v) is 23.6. The van der Waals surface area contributed by atoms with Crippen LogP contribution in [-0.2, 0) is 22.7 Å². The molecule has 0 aliphatic carbocycles. The number of rotatable bonds is 8. The average molecular weight is 585 g/mol. The number of furan rings is 1. The van der Waals surface area contributed by atoms with Crippen LogP contribution in [0.25, 0.3) is 23.0 Å². The fourth-order valence-corrected chi connectivity index (χ4v) is 4.90. The number of benzene rings is 3. The normalized spacial score (nSPS) is 14.3. The van der Waals surface area contributed by atoms with E-state index in [4.69, 9.17) is 14.3 Å². The summed E-state index contributed by atoms with van der Waals surface area (Å²) in [5, 5.41) is 14.7. The fourth-order valence-electron chi connectivity index (χ4n) is 4.90. The quantitative estimate of drug-likeness (QED) is 0.150. The number of carbonyl (C=O) groups excluding carboxylic acids is 2. The average Bonchev–Trinajstić information content (AvgIpc) is 3.72. The number of hydrogen-bond acceptors (Lipinski definition) is 6. The van der Waals surface area contributed by atoms with Crippen LogP contribution >= 0.6 is 0 Å². The molecule has 2 amide bonds. The van der Waals surface area contributed by atoms with Crippen LogP contribution in [0, 0.1) is 17.1 Å². The van der Waals surface area contributed by atoms with Crippen molar-refractivity contribution in [2.75, 3.05) is 0 Å². The molecule has 0 atom stereocenters. The van der Waals surface area contributed by atoms with E-state index in [1.54, 1.807) is 48.1 Å². The molecule has 0 radical (unpaired) electrons.